The molecule has 1 aromatic heterocycles. The normalized spacial score (nSPS) is 25.5. The number of thiophene rings is 1. The molecule has 2 bridgehead atoms. The van der Waals surface area contributed by atoms with Gasteiger partial charge in [-0.25, -0.2) is 4.79 Å². The third-order valence-corrected chi connectivity index (χ3v) is 6.99. The molecule has 0 N–H and O–H groups in total. The fraction of sp³-hybridized carbons (Fsp3) is 0.476. The van der Waals surface area contributed by atoms with E-state index in [1.54, 1.807) is 16.2 Å². The largest absolute Gasteiger partial charge is 1.00 e. The number of hydrogen-bond donors (Lipinski definition) is 0. The molecule has 4 nitrogen and oxygen atoms in total. The Bertz CT molecular complexity index is 735. The number of piperidine rings is 1. The van der Waals surface area contributed by atoms with Crippen molar-refractivity contribution in [3.05, 3.63) is 52.7 Å². The van der Waals surface area contributed by atoms with Crippen LogP contribution in [-0.2, 0) is 11.3 Å². The van der Waals surface area contributed by atoms with E-state index in [1.165, 1.54) is 12.8 Å². The van der Waals surface area contributed by atoms with Gasteiger partial charge in [0.15, 0.2) is 0 Å². The highest BCUT2D eigenvalue weighted by atomic mass is 79.9. The number of para-hydroxylation sites is 1. The molecule has 0 aliphatic carbocycles. The second kappa shape index (κ2) is 8.33. The number of amides is 1. The number of halogens is 1. The molecule has 2 saturated heterocycles. The summed E-state index contributed by atoms with van der Waals surface area (Å²) in [5, 5.41) is 4.13. The second-order valence-electron chi connectivity index (χ2n) is 8.04. The Hall–Kier alpha value is -1.37. The highest BCUT2D eigenvalue weighted by Crippen LogP contribution is 2.40. The van der Waals surface area contributed by atoms with Crippen LogP contribution < -0.4 is 21.9 Å². The second-order valence-corrected chi connectivity index (χ2v) is 8.82. The molecule has 3 atom stereocenters. The lowest BCUT2D eigenvalue weighted by molar-refractivity contribution is -0.931. The molecule has 1 amide bonds. The summed E-state index contributed by atoms with van der Waals surface area (Å²) in [5.41, 5.74) is 2.02. The summed E-state index contributed by atoms with van der Waals surface area (Å²) in [6.45, 7) is 0.549. The molecule has 2 aliphatic rings. The lowest BCUT2D eigenvalue weighted by Gasteiger charge is -2.44. The van der Waals surface area contributed by atoms with Gasteiger partial charge in [-0.05, 0) is 34.5 Å². The van der Waals surface area contributed by atoms with Crippen LogP contribution in [0.3, 0.4) is 0 Å². The van der Waals surface area contributed by atoms with Crippen molar-refractivity contribution in [2.75, 3.05) is 19.0 Å². The summed E-state index contributed by atoms with van der Waals surface area (Å²) >= 11 is 1.65. The maximum atomic E-state index is 13.0. The molecule has 4 rings (SSSR count). The van der Waals surface area contributed by atoms with Crippen LogP contribution in [0.4, 0.5) is 10.5 Å². The van der Waals surface area contributed by atoms with Crippen LogP contribution in [-0.4, -0.2) is 42.9 Å². The molecule has 0 radical (unpaired) electrons. The van der Waals surface area contributed by atoms with E-state index in [2.05, 4.69) is 25.5 Å². The van der Waals surface area contributed by atoms with Crippen LogP contribution in [0.15, 0.2) is 47.2 Å². The number of quaternary nitrogens is 1. The molecule has 6 heteroatoms. The minimum absolute atomic E-state index is 0. The molecule has 2 fully saturated rings. The smallest absolute Gasteiger partial charge is 0.414 e. The number of rotatable bonds is 4. The quantitative estimate of drug-likeness (QED) is 0.662. The highest BCUT2D eigenvalue weighted by Gasteiger charge is 2.50. The molecule has 2 aliphatic heterocycles. The van der Waals surface area contributed by atoms with E-state index in [1.807, 2.05) is 35.7 Å². The van der Waals surface area contributed by atoms with E-state index < -0.39 is 0 Å². The number of carbonyl (C=O) groups is 1. The Kier molecular flexibility index (Phi) is 6.28. The van der Waals surface area contributed by atoms with Crippen molar-refractivity contribution in [2.45, 2.75) is 50.4 Å². The van der Waals surface area contributed by atoms with Gasteiger partial charge in [0, 0.05) is 31.4 Å². The summed E-state index contributed by atoms with van der Waals surface area (Å²) in [7, 11) is 4.65. The number of carbonyl (C=O) groups excluding carboxylic acids is 1. The van der Waals surface area contributed by atoms with E-state index in [0.717, 1.165) is 28.6 Å². The van der Waals surface area contributed by atoms with Gasteiger partial charge < -0.3 is 26.2 Å². The minimum atomic E-state index is -0.223. The lowest BCUT2D eigenvalue weighted by atomic mass is 9.98. The number of fused-ring (bicyclic) bond motifs is 2. The highest BCUT2D eigenvalue weighted by molar-refractivity contribution is 7.07. The maximum absolute atomic E-state index is 13.0. The van der Waals surface area contributed by atoms with Gasteiger partial charge in [0.25, 0.3) is 0 Å². The SMILES string of the molecule is C[N+]1(C)[C@@H]2CC[C@H]1C[C@@H](OC(=O)N(Cc1ccsc1)c1ccccc1)C2.[Br-]. The molecular weight excluding hydrogens is 424 g/mol. The molecule has 146 valence electrons. The Morgan fingerprint density at radius 2 is 1.81 bits per heavy atom. The first-order chi connectivity index (χ1) is 12.5. The van der Waals surface area contributed by atoms with Crippen LogP contribution in [0.2, 0.25) is 0 Å². The first-order valence-electron chi connectivity index (χ1n) is 9.41. The van der Waals surface area contributed by atoms with Gasteiger partial charge in [-0.3, -0.25) is 4.90 Å². The third-order valence-electron chi connectivity index (χ3n) is 6.26. The number of benzene rings is 1. The van der Waals surface area contributed by atoms with E-state index in [0.29, 0.717) is 18.6 Å². The molecular formula is C21H27BrN2O2S. The molecule has 0 spiro atoms. The predicted octanol–water partition coefficient (Wildman–Crippen LogP) is 1.67. The average molecular weight is 451 g/mol. The summed E-state index contributed by atoms with van der Waals surface area (Å²) < 4.78 is 7.10. The Balaban J connectivity index is 0.00000210. The number of ether oxygens (including phenoxy) is 1. The fourth-order valence-corrected chi connectivity index (χ4v) is 5.23. The van der Waals surface area contributed by atoms with Crippen molar-refractivity contribution in [1.29, 1.82) is 0 Å². The van der Waals surface area contributed by atoms with Gasteiger partial charge in [-0.2, -0.15) is 11.3 Å². The van der Waals surface area contributed by atoms with Gasteiger partial charge in [-0.1, -0.05) is 18.2 Å². The van der Waals surface area contributed by atoms with Gasteiger partial charge in [0.05, 0.1) is 32.7 Å². The van der Waals surface area contributed by atoms with E-state index in [9.17, 15) is 4.79 Å². The molecule has 0 saturated carbocycles. The van der Waals surface area contributed by atoms with Gasteiger partial charge >= 0.3 is 6.09 Å². The summed E-state index contributed by atoms with van der Waals surface area (Å²) in [6, 6.07) is 13.1. The van der Waals surface area contributed by atoms with Crippen LogP contribution in [0.1, 0.15) is 31.2 Å². The van der Waals surface area contributed by atoms with Crippen molar-refractivity contribution >= 4 is 23.1 Å². The molecule has 3 heterocycles. The number of hydrogen-bond acceptors (Lipinski definition) is 3. The van der Waals surface area contributed by atoms with Crippen molar-refractivity contribution in [3.8, 4) is 0 Å². The van der Waals surface area contributed by atoms with Crippen LogP contribution in [0, 0.1) is 0 Å². The van der Waals surface area contributed by atoms with Gasteiger partial charge in [-0.15, -0.1) is 0 Å². The standard InChI is InChI=1S/C21H27N2O2S.BrH/c1-23(2)18-8-9-19(23)13-20(12-18)25-21(24)22(14-16-10-11-26-15-16)17-6-4-3-5-7-17;/h3-7,10-11,15,18-20H,8-9,12-14H2,1-2H3;1H/q+1;/p-1/t18-,19+,20+;. The van der Waals surface area contributed by atoms with Crippen molar-refractivity contribution < 1.29 is 31.0 Å². The van der Waals surface area contributed by atoms with E-state index >= 15 is 0 Å². The zero-order chi connectivity index (χ0) is 18.1. The van der Waals surface area contributed by atoms with Crippen LogP contribution in [0.25, 0.3) is 0 Å². The predicted molar refractivity (Wildman–Crippen MR) is 105 cm³/mol. The first-order valence-corrected chi connectivity index (χ1v) is 10.4. The fourth-order valence-electron chi connectivity index (χ4n) is 4.57. The van der Waals surface area contributed by atoms with E-state index in [-0.39, 0.29) is 29.2 Å². The Morgan fingerprint density at radius 1 is 1.15 bits per heavy atom. The van der Waals surface area contributed by atoms with Gasteiger partial charge in [0.2, 0.25) is 0 Å². The first kappa shape index (κ1) is 20.4. The molecule has 0 unspecified atom stereocenters. The third kappa shape index (κ3) is 4.23. The van der Waals surface area contributed by atoms with E-state index in [4.69, 9.17) is 4.74 Å². The number of nitrogens with zero attached hydrogens (tertiary/aromatic N) is 2. The van der Waals surface area contributed by atoms with Crippen molar-refractivity contribution in [1.82, 2.24) is 0 Å². The molecule has 2 aromatic rings. The van der Waals surface area contributed by atoms with Crippen molar-refractivity contribution in [3.63, 3.8) is 0 Å². The topological polar surface area (TPSA) is 29.5 Å². The monoisotopic (exact) mass is 450 g/mol. The maximum Gasteiger partial charge on any atom is 0.414 e. The lowest BCUT2D eigenvalue weighted by Crippen LogP contribution is -3.00. The van der Waals surface area contributed by atoms with Gasteiger partial charge in [0.1, 0.15) is 6.10 Å². The Morgan fingerprint density at radius 3 is 2.41 bits per heavy atom. The van der Waals surface area contributed by atoms with Crippen LogP contribution >= 0.6 is 11.3 Å². The Labute approximate surface area is 176 Å². The molecule has 1 aromatic carbocycles. The molecule has 27 heavy (non-hydrogen) atoms. The summed E-state index contributed by atoms with van der Waals surface area (Å²) in [5.74, 6) is 0. The summed E-state index contributed by atoms with van der Waals surface area (Å²) in [4.78, 5) is 14.8. The van der Waals surface area contributed by atoms with Crippen molar-refractivity contribution in [2.24, 2.45) is 0 Å². The minimum Gasteiger partial charge on any atom is -1.00 e. The summed E-state index contributed by atoms with van der Waals surface area (Å²) in [6.07, 6.45) is 4.29. The average Bonchev–Trinajstić information content (AvgIpc) is 3.16. The zero-order valence-corrected chi connectivity index (χ0v) is 18.3. The zero-order valence-electron chi connectivity index (χ0n) is 15.9. The number of anilines is 1. The van der Waals surface area contributed by atoms with Crippen LogP contribution in [0.5, 0.6) is 0 Å².